The van der Waals surface area contributed by atoms with Gasteiger partial charge in [-0.3, -0.25) is 0 Å². The predicted octanol–water partition coefficient (Wildman–Crippen LogP) is 2.24. The molecule has 1 aromatic carbocycles. The Labute approximate surface area is 111 Å². The molecule has 2 N–H and O–H groups in total. The molecule has 0 aliphatic rings. The largest absolute Gasteiger partial charge is 0.478 e. The summed E-state index contributed by atoms with van der Waals surface area (Å²) in [7, 11) is 0. The highest BCUT2D eigenvalue weighted by molar-refractivity contribution is 6.01. The number of para-hydroxylation sites is 1. The number of imidazole rings is 1. The summed E-state index contributed by atoms with van der Waals surface area (Å²) in [5.74, 6) is -0.150. The van der Waals surface area contributed by atoms with Crippen LogP contribution in [0.3, 0.4) is 0 Å². The molecule has 2 aromatic rings. The molecule has 0 aliphatic heterocycles. The van der Waals surface area contributed by atoms with E-state index in [0.717, 1.165) is 24.2 Å². The van der Waals surface area contributed by atoms with Crippen LogP contribution in [0.1, 0.15) is 42.5 Å². The van der Waals surface area contributed by atoms with Crippen LogP contribution < -0.4 is 0 Å². The normalized spacial score (nSPS) is 12.8. The maximum Gasteiger partial charge on any atom is 0.337 e. The number of fused-ring (bicyclic) bond motifs is 1. The molecule has 0 bridgehead atoms. The second-order valence-electron chi connectivity index (χ2n) is 4.66. The van der Waals surface area contributed by atoms with Gasteiger partial charge in [0.1, 0.15) is 11.3 Å². The van der Waals surface area contributed by atoms with E-state index >= 15 is 0 Å². The van der Waals surface area contributed by atoms with Gasteiger partial charge in [-0.25, -0.2) is 9.78 Å². The predicted molar refractivity (Wildman–Crippen MR) is 72.5 cm³/mol. The molecule has 0 aliphatic carbocycles. The van der Waals surface area contributed by atoms with Gasteiger partial charge in [-0.2, -0.15) is 0 Å². The van der Waals surface area contributed by atoms with Gasteiger partial charge in [-0.15, -0.1) is 0 Å². The van der Waals surface area contributed by atoms with Gasteiger partial charge in [-0.1, -0.05) is 13.0 Å². The first-order chi connectivity index (χ1) is 9.10. The number of rotatable bonds is 5. The number of aromatic nitrogens is 2. The molecule has 0 radical (unpaired) electrons. The van der Waals surface area contributed by atoms with Crippen LogP contribution in [0.4, 0.5) is 0 Å². The zero-order valence-corrected chi connectivity index (χ0v) is 11.1. The SMILES string of the molecule is CCCc1nc2c(C(=O)O)cccc2n1C(C)CO. The lowest BCUT2D eigenvalue weighted by molar-refractivity contribution is 0.0699. The van der Waals surface area contributed by atoms with Crippen LogP contribution in [0.15, 0.2) is 18.2 Å². The highest BCUT2D eigenvalue weighted by atomic mass is 16.4. The third kappa shape index (κ3) is 2.33. The number of aliphatic hydroxyl groups excluding tert-OH is 1. The molecule has 0 amide bonds. The van der Waals surface area contributed by atoms with E-state index < -0.39 is 5.97 Å². The van der Waals surface area contributed by atoms with Crippen LogP contribution >= 0.6 is 0 Å². The van der Waals surface area contributed by atoms with Crippen molar-refractivity contribution in [2.75, 3.05) is 6.61 Å². The van der Waals surface area contributed by atoms with Gasteiger partial charge >= 0.3 is 5.97 Å². The van der Waals surface area contributed by atoms with E-state index in [0.29, 0.717) is 5.52 Å². The van der Waals surface area contributed by atoms with Gasteiger partial charge in [-0.05, 0) is 25.5 Å². The molecule has 0 spiro atoms. The van der Waals surface area contributed by atoms with Crippen molar-refractivity contribution < 1.29 is 15.0 Å². The maximum atomic E-state index is 11.2. The lowest BCUT2D eigenvalue weighted by Crippen LogP contribution is -2.12. The highest BCUT2D eigenvalue weighted by Crippen LogP contribution is 2.24. The molecule has 1 atom stereocenters. The Morgan fingerprint density at radius 1 is 1.47 bits per heavy atom. The van der Waals surface area contributed by atoms with Crippen LogP contribution in [0, 0.1) is 0 Å². The summed E-state index contributed by atoms with van der Waals surface area (Å²) in [6.45, 7) is 3.94. The number of carboxylic acid groups (broad SMARTS) is 1. The number of aliphatic hydroxyl groups is 1. The van der Waals surface area contributed by atoms with Crippen molar-refractivity contribution >= 4 is 17.0 Å². The highest BCUT2D eigenvalue weighted by Gasteiger charge is 2.19. The van der Waals surface area contributed by atoms with E-state index in [4.69, 9.17) is 0 Å². The number of hydrogen-bond acceptors (Lipinski definition) is 3. The van der Waals surface area contributed by atoms with Crippen molar-refractivity contribution in [2.24, 2.45) is 0 Å². The fraction of sp³-hybridized carbons (Fsp3) is 0.429. The summed E-state index contributed by atoms with van der Waals surface area (Å²) in [6.07, 6.45) is 1.68. The molecular weight excluding hydrogens is 244 g/mol. The Morgan fingerprint density at radius 2 is 2.21 bits per heavy atom. The molecule has 0 fully saturated rings. The number of benzene rings is 1. The van der Waals surface area contributed by atoms with Crippen molar-refractivity contribution in [1.82, 2.24) is 9.55 Å². The van der Waals surface area contributed by atoms with Crippen molar-refractivity contribution in [3.8, 4) is 0 Å². The number of aromatic carboxylic acids is 1. The molecule has 5 nitrogen and oxygen atoms in total. The summed E-state index contributed by atoms with van der Waals surface area (Å²) in [4.78, 5) is 15.7. The Balaban J connectivity index is 2.72. The van der Waals surface area contributed by atoms with E-state index in [2.05, 4.69) is 4.98 Å². The summed E-state index contributed by atoms with van der Waals surface area (Å²) in [5.41, 5.74) is 1.47. The van der Waals surface area contributed by atoms with E-state index in [-0.39, 0.29) is 18.2 Å². The number of carbonyl (C=O) groups is 1. The minimum Gasteiger partial charge on any atom is -0.478 e. The minimum absolute atomic E-state index is 0.000522. The fourth-order valence-electron chi connectivity index (χ4n) is 2.31. The first kappa shape index (κ1) is 13.5. The van der Waals surface area contributed by atoms with Crippen LogP contribution in [-0.4, -0.2) is 32.3 Å². The lowest BCUT2D eigenvalue weighted by atomic mass is 10.2. The smallest absolute Gasteiger partial charge is 0.337 e. The standard InChI is InChI=1S/C14H18N2O3/c1-3-5-12-15-13-10(14(18)19)6-4-7-11(13)16(12)9(2)8-17/h4,6-7,9,17H,3,5,8H2,1-2H3,(H,18,19). The number of aryl methyl sites for hydroxylation is 1. The van der Waals surface area contributed by atoms with Crippen molar-refractivity contribution in [3.63, 3.8) is 0 Å². The van der Waals surface area contributed by atoms with Gasteiger partial charge in [0.15, 0.2) is 0 Å². The summed E-state index contributed by atoms with van der Waals surface area (Å²) < 4.78 is 1.94. The first-order valence-electron chi connectivity index (χ1n) is 6.44. The Kier molecular flexibility index (Phi) is 3.85. The Morgan fingerprint density at radius 3 is 2.79 bits per heavy atom. The van der Waals surface area contributed by atoms with E-state index in [9.17, 15) is 15.0 Å². The van der Waals surface area contributed by atoms with Gasteiger partial charge in [0.25, 0.3) is 0 Å². The Bertz CT molecular complexity index is 604. The zero-order chi connectivity index (χ0) is 14.0. The average Bonchev–Trinajstić information content (AvgIpc) is 2.75. The molecule has 1 unspecified atom stereocenters. The second-order valence-corrected chi connectivity index (χ2v) is 4.66. The molecular formula is C14H18N2O3. The van der Waals surface area contributed by atoms with Crippen molar-refractivity contribution in [3.05, 3.63) is 29.6 Å². The molecule has 5 heteroatoms. The van der Waals surface area contributed by atoms with Crippen LogP contribution in [0.5, 0.6) is 0 Å². The molecule has 1 heterocycles. The third-order valence-corrected chi connectivity index (χ3v) is 3.20. The lowest BCUT2D eigenvalue weighted by Gasteiger charge is -2.14. The van der Waals surface area contributed by atoms with Crippen molar-refractivity contribution in [1.29, 1.82) is 0 Å². The maximum absolute atomic E-state index is 11.2. The van der Waals surface area contributed by atoms with Crippen LogP contribution in [0.25, 0.3) is 11.0 Å². The fourth-order valence-corrected chi connectivity index (χ4v) is 2.31. The van der Waals surface area contributed by atoms with Crippen LogP contribution in [0.2, 0.25) is 0 Å². The zero-order valence-electron chi connectivity index (χ0n) is 11.1. The molecule has 1 aromatic heterocycles. The van der Waals surface area contributed by atoms with E-state index in [1.807, 2.05) is 24.5 Å². The monoisotopic (exact) mass is 262 g/mol. The molecule has 102 valence electrons. The Hall–Kier alpha value is -1.88. The van der Waals surface area contributed by atoms with Crippen molar-refractivity contribution in [2.45, 2.75) is 32.7 Å². The second kappa shape index (κ2) is 5.40. The third-order valence-electron chi connectivity index (χ3n) is 3.20. The van der Waals surface area contributed by atoms with Gasteiger partial charge in [0, 0.05) is 6.42 Å². The number of hydrogen-bond donors (Lipinski definition) is 2. The molecule has 2 rings (SSSR count). The minimum atomic E-state index is -0.977. The first-order valence-corrected chi connectivity index (χ1v) is 6.44. The quantitative estimate of drug-likeness (QED) is 0.866. The molecule has 0 saturated carbocycles. The van der Waals surface area contributed by atoms with E-state index in [1.54, 1.807) is 12.1 Å². The average molecular weight is 262 g/mol. The number of carboxylic acids is 1. The van der Waals surface area contributed by atoms with E-state index in [1.165, 1.54) is 0 Å². The summed E-state index contributed by atoms with van der Waals surface area (Å²) in [5, 5.41) is 18.6. The van der Waals surface area contributed by atoms with Gasteiger partial charge in [0.2, 0.25) is 0 Å². The van der Waals surface area contributed by atoms with Crippen LogP contribution in [-0.2, 0) is 6.42 Å². The summed E-state index contributed by atoms with van der Waals surface area (Å²) >= 11 is 0. The summed E-state index contributed by atoms with van der Waals surface area (Å²) in [6, 6.07) is 5.00. The van der Waals surface area contributed by atoms with Gasteiger partial charge < -0.3 is 14.8 Å². The van der Waals surface area contributed by atoms with Gasteiger partial charge in [0.05, 0.1) is 23.7 Å². The number of nitrogens with zero attached hydrogens (tertiary/aromatic N) is 2. The molecule has 19 heavy (non-hydrogen) atoms. The molecule has 0 saturated heterocycles. The topological polar surface area (TPSA) is 75.3 Å².